The number of amides is 4. The van der Waals surface area contributed by atoms with Gasteiger partial charge in [-0.2, -0.15) is 0 Å². The van der Waals surface area contributed by atoms with E-state index >= 15 is 0 Å². The van der Waals surface area contributed by atoms with Gasteiger partial charge in [-0.15, -0.1) is 0 Å². The molecule has 0 saturated heterocycles. The van der Waals surface area contributed by atoms with Crippen LogP contribution in [0.2, 0.25) is 0 Å². The van der Waals surface area contributed by atoms with Gasteiger partial charge in [0.25, 0.3) is 0 Å². The molecular weight excluding hydrogens is 544 g/mol. The number of alkyl carbamates (subject to hydrolysis) is 2. The lowest BCUT2D eigenvalue weighted by Gasteiger charge is -2.24. The van der Waals surface area contributed by atoms with Gasteiger partial charge in [-0.25, -0.2) is 14.4 Å². The summed E-state index contributed by atoms with van der Waals surface area (Å²) in [6.45, 7) is 5.56. The monoisotopic (exact) mass is 584 g/mol. The van der Waals surface area contributed by atoms with Crippen LogP contribution in [0.1, 0.15) is 44.7 Å². The molecule has 228 valence electrons. The molecule has 0 spiro atoms. The fourth-order valence-electron chi connectivity index (χ4n) is 3.60. The quantitative estimate of drug-likeness (QED) is 0.135. The number of nitrogens with two attached hydrogens (primary N) is 1. The number of hydrogen-bond acceptors (Lipinski definition) is 7. The van der Waals surface area contributed by atoms with E-state index in [-0.39, 0.29) is 45.2 Å². The lowest BCUT2D eigenvalue weighted by Crippen LogP contribution is -2.49. The molecule has 0 bridgehead atoms. The molecule has 13 nitrogen and oxygen atoms in total. The zero-order valence-electron chi connectivity index (χ0n) is 24.2. The first kappa shape index (κ1) is 33.4. The van der Waals surface area contributed by atoms with E-state index in [4.69, 9.17) is 15.2 Å². The third-order valence-corrected chi connectivity index (χ3v) is 5.55. The van der Waals surface area contributed by atoms with Gasteiger partial charge in [-0.3, -0.25) is 15.1 Å². The van der Waals surface area contributed by atoms with Crippen LogP contribution >= 0.6 is 0 Å². The van der Waals surface area contributed by atoms with Gasteiger partial charge in [0.2, 0.25) is 5.91 Å². The summed E-state index contributed by atoms with van der Waals surface area (Å²) >= 11 is 0. The standard InChI is InChI=1S/C29H40N6O7/c1-29(2,3)42-27(38)33-23(24(36)31-17-18-35(28(39)40)19-21-11-6-4-7-12-21)15-10-16-32-25(30)34-26(37)41-20-22-13-8-5-9-14-22/h4-9,11-14,23H,10,15-20H2,1-3H3,(H,31,36)(H,33,38)(H,39,40)(H3,30,32,34,37)/t23-/m0/s1. The smallest absolute Gasteiger partial charge is 0.414 e. The van der Waals surface area contributed by atoms with E-state index in [0.717, 1.165) is 11.1 Å². The molecule has 42 heavy (non-hydrogen) atoms. The van der Waals surface area contributed by atoms with Gasteiger partial charge >= 0.3 is 18.3 Å². The van der Waals surface area contributed by atoms with E-state index in [1.165, 1.54) is 4.90 Å². The molecule has 0 saturated carbocycles. The Hall–Kier alpha value is -4.81. The van der Waals surface area contributed by atoms with Crippen molar-refractivity contribution in [1.82, 2.24) is 20.9 Å². The number of benzene rings is 2. The van der Waals surface area contributed by atoms with E-state index in [2.05, 4.69) is 20.9 Å². The molecule has 0 radical (unpaired) electrons. The number of carbonyl (C=O) groups excluding carboxylic acids is 3. The van der Waals surface area contributed by atoms with Gasteiger partial charge in [-0.1, -0.05) is 60.7 Å². The number of hydrogen-bond donors (Lipinski definition) is 5. The summed E-state index contributed by atoms with van der Waals surface area (Å²) in [5.41, 5.74) is 6.62. The van der Waals surface area contributed by atoms with Crippen LogP contribution in [0.4, 0.5) is 14.4 Å². The highest BCUT2D eigenvalue weighted by Crippen LogP contribution is 2.09. The minimum Gasteiger partial charge on any atom is -0.465 e. The summed E-state index contributed by atoms with van der Waals surface area (Å²) in [6.07, 6.45) is -2.15. The molecule has 2 aromatic carbocycles. The average molecular weight is 585 g/mol. The van der Waals surface area contributed by atoms with Crippen LogP contribution in [0.15, 0.2) is 65.7 Å². The Labute approximate surface area is 245 Å². The molecule has 0 heterocycles. The van der Waals surface area contributed by atoms with E-state index in [0.29, 0.717) is 6.42 Å². The van der Waals surface area contributed by atoms with Gasteiger partial charge in [0.05, 0.1) is 0 Å². The predicted molar refractivity (Wildman–Crippen MR) is 157 cm³/mol. The van der Waals surface area contributed by atoms with Crippen LogP contribution in [0.3, 0.4) is 0 Å². The lowest BCUT2D eigenvalue weighted by molar-refractivity contribution is -0.123. The highest BCUT2D eigenvalue weighted by atomic mass is 16.6. The second-order valence-corrected chi connectivity index (χ2v) is 10.3. The van der Waals surface area contributed by atoms with Gasteiger partial charge in [-0.05, 0) is 44.7 Å². The highest BCUT2D eigenvalue weighted by Gasteiger charge is 2.24. The van der Waals surface area contributed by atoms with E-state index in [1.807, 2.05) is 60.7 Å². The number of aliphatic imine (C=N–C) groups is 1. The molecular formula is C29H40N6O7. The summed E-state index contributed by atoms with van der Waals surface area (Å²) in [4.78, 5) is 54.2. The molecule has 0 aliphatic heterocycles. The number of nitrogens with one attached hydrogen (secondary N) is 3. The number of rotatable bonds is 13. The Balaban J connectivity index is 1.87. The summed E-state index contributed by atoms with van der Waals surface area (Å²) in [7, 11) is 0. The van der Waals surface area contributed by atoms with Crippen LogP contribution in [0.5, 0.6) is 0 Å². The van der Waals surface area contributed by atoms with Crippen molar-refractivity contribution in [1.29, 1.82) is 0 Å². The van der Waals surface area contributed by atoms with Crippen molar-refractivity contribution in [2.75, 3.05) is 19.6 Å². The zero-order valence-corrected chi connectivity index (χ0v) is 24.2. The maximum absolute atomic E-state index is 12.9. The fraction of sp³-hybridized carbons (Fsp3) is 0.414. The van der Waals surface area contributed by atoms with Crippen LogP contribution in [0, 0.1) is 0 Å². The Morgan fingerprint density at radius 3 is 2.19 bits per heavy atom. The van der Waals surface area contributed by atoms with E-state index in [1.54, 1.807) is 20.8 Å². The van der Waals surface area contributed by atoms with Crippen molar-refractivity contribution in [2.45, 2.75) is 58.4 Å². The van der Waals surface area contributed by atoms with E-state index < -0.39 is 35.8 Å². The molecule has 0 aliphatic rings. The Kier molecular flexibility index (Phi) is 13.6. The SMILES string of the molecule is CC(C)(C)OC(=O)N[C@@H](CCCN=C(N)NC(=O)OCc1ccccc1)C(=O)NCCN(Cc1ccccc1)C(=O)O. The van der Waals surface area contributed by atoms with Gasteiger partial charge in [0, 0.05) is 26.2 Å². The molecule has 1 atom stereocenters. The third kappa shape index (κ3) is 14.0. The minimum atomic E-state index is -1.12. The van der Waals surface area contributed by atoms with Crippen molar-refractivity contribution < 1.29 is 33.8 Å². The first-order valence-electron chi connectivity index (χ1n) is 13.5. The third-order valence-electron chi connectivity index (χ3n) is 5.55. The fourth-order valence-corrected chi connectivity index (χ4v) is 3.60. The lowest BCUT2D eigenvalue weighted by atomic mass is 10.1. The minimum absolute atomic E-state index is 0.0323. The number of ether oxygens (including phenoxy) is 2. The van der Waals surface area contributed by atoms with Crippen molar-refractivity contribution in [2.24, 2.45) is 10.7 Å². The number of carbonyl (C=O) groups is 4. The summed E-state index contributed by atoms with van der Waals surface area (Å²) in [5, 5.41) is 17.1. The van der Waals surface area contributed by atoms with Crippen LogP contribution in [0.25, 0.3) is 0 Å². The van der Waals surface area contributed by atoms with Crippen molar-refractivity contribution in [3.63, 3.8) is 0 Å². The Morgan fingerprint density at radius 2 is 1.60 bits per heavy atom. The first-order chi connectivity index (χ1) is 19.9. The normalized spacial score (nSPS) is 12.0. The predicted octanol–water partition coefficient (Wildman–Crippen LogP) is 3.20. The summed E-state index contributed by atoms with van der Waals surface area (Å²) in [6, 6.07) is 17.3. The maximum Gasteiger partial charge on any atom is 0.414 e. The molecule has 0 aromatic heterocycles. The van der Waals surface area contributed by atoms with Crippen LogP contribution in [-0.4, -0.2) is 71.4 Å². The first-order valence-corrected chi connectivity index (χ1v) is 13.5. The van der Waals surface area contributed by atoms with Crippen LogP contribution in [-0.2, 0) is 27.4 Å². The largest absolute Gasteiger partial charge is 0.465 e. The summed E-state index contributed by atoms with van der Waals surface area (Å²) < 4.78 is 10.4. The second kappa shape index (κ2) is 17.1. The van der Waals surface area contributed by atoms with Crippen molar-refractivity contribution in [3.05, 3.63) is 71.8 Å². The molecule has 6 N–H and O–H groups in total. The maximum atomic E-state index is 12.9. The molecule has 2 rings (SSSR count). The second-order valence-electron chi connectivity index (χ2n) is 10.3. The zero-order chi connectivity index (χ0) is 31.0. The van der Waals surface area contributed by atoms with E-state index in [9.17, 15) is 24.3 Å². The Bertz CT molecular complexity index is 1190. The topological polar surface area (TPSA) is 185 Å². The van der Waals surface area contributed by atoms with Gasteiger partial charge in [0.15, 0.2) is 5.96 Å². The summed E-state index contributed by atoms with van der Waals surface area (Å²) in [5.74, 6) is -0.660. The van der Waals surface area contributed by atoms with Gasteiger partial charge < -0.3 is 35.8 Å². The van der Waals surface area contributed by atoms with Crippen molar-refractivity contribution in [3.8, 4) is 0 Å². The van der Waals surface area contributed by atoms with Crippen molar-refractivity contribution >= 4 is 30.1 Å². The molecule has 0 aliphatic carbocycles. The molecule has 2 aromatic rings. The Morgan fingerprint density at radius 1 is 0.976 bits per heavy atom. The molecule has 0 fully saturated rings. The number of carboxylic acid groups (broad SMARTS) is 1. The van der Waals surface area contributed by atoms with Crippen LogP contribution < -0.4 is 21.7 Å². The van der Waals surface area contributed by atoms with Gasteiger partial charge in [0.1, 0.15) is 18.2 Å². The molecule has 4 amide bonds. The average Bonchev–Trinajstić information content (AvgIpc) is 2.93. The number of guanidine groups is 1. The highest BCUT2D eigenvalue weighted by molar-refractivity contribution is 5.92. The molecule has 0 unspecified atom stereocenters. The molecule has 13 heteroatoms. The number of nitrogens with zero attached hydrogens (tertiary/aromatic N) is 2.